The zero-order valence-electron chi connectivity index (χ0n) is 8.63. The number of nitrogens with zero attached hydrogens (tertiary/aromatic N) is 1. The molecule has 0 radical (unpaired) electrons. The Bertz CT molecular complexity index is 464. The minimum Gasteiger partial charge on any atom is -0.341 e. The van der Waals surface area contributed by atoms with Crippen molar-refractivity contribution in [3.63, 3.8) is 0 Å². The number of aromatic amines is 1. The third-order valence-corrected chi connectivity index (χ3v) is 2.43. The SMILES string of the molecule is CCCC(N)c1nc2c(F)cccc2[nH]1. The summed E-state index contributed by atoms with van der Waals surface area (Å²) in [6, 6.07) is 4.72. The lowest BCUT2D eigenvalue weighted by molar-refractivity contribution is 0.607. The summed E-state index contributed by atoms with van der Waals surface area (Å²) in [4.78, 5) is 7.22. The molecule has 80 valence electrons. The fourth-order valence-corrected chi connectivity index (χ4v) is 1.64. The Morgan fingerprint density at radius 2 is 2.33 bits per heavy atom. The van der Waals surface area contributed by atoms with Crippen molar-refractivity contribution in [1.29, 1.82) is 0 Å². The van der Waals surface area contributed by atoms with Crippen molar-refractivity contribution < 1.29 is 4.39 Å². The molecule has 0 saturated carbocycles. The predicted molar refractivity (Wildman–Crippen MR) is 57.9 cm³/mol. The Morgan fingerprint density at radius 3 is 3.00 bits per heavy atom. The first kappa shape index (κ1) is 10.1. The van der Waals surface area contributed by atoms with Gasteiger partial charge in [-0.1, -0.05) is 19.4 Å². The lowest BCUT2D eigenvalue weighted by Gasteiger charge is -2.04. The van der Waals surface area contributed by atoms with E-state index in [2.05, 4.69) is 16.9 Å². The van der Waals surface area contributed by atoms with Gasteiger partial charge in [0.05, 0.1) is 11.6 Å². The molecule has 0 bridgehead atoms. The van der Waals surface area contributed by atoms with Crippen LogP contribution in [-0.2, 0) is 0 Å². The highest BCUT2D eigenvalue weighted by atomic mass is 19.1. The number of hydrogen-bond donors (Lipinski definition) is 2. The third-order valence-electron chi connectivity index (χ3n) is 2.43. The van der Waals surface area contributed by atoms with Crippen LogP contribution in [0.1, 0.15) is 31.6 Å². The summed E-state index contributed by atoms with van der Waals surface area (Å²) in [5.74, 6) is 0.357. The zero-order chi connectivity index (χ0) is 10.8. The summed E-state index contributed by atoms with van der Waals surface area (Å²) in [5.41, 5.74) is 6.98. The van der Waals surface area contributed by atoms with Gasteiger partial charge in [-0.2, -0.15) is 0 Å². The molecule has 0 saturated heterocycles. The van der Waals surface area contributed by atoms with Gasteiger partial charge in [0.15, 0.2) is 5.82 Å². The maximum absolute atomic E-state index is 13.3. The van der Waals surface area contributed by atoms with Gasteiger partial charge in [0.25, 0.3) is 0 Å². The number of H-pyrrole nitrogens is 1. The van der Waals surface area contributed by atoms with Crippen LogP contribution in [0.25, 0.3) is 11.0 Å². The molecule has 15 heavy (non-hydrogen) atoms. The Hall–Kier alpha value is -1.42. The number of benzene rings is 1. The maximum atomic E-state index is 13.3. The lowest BCUT2D eigenvalue weighted by Crippen LogP contribution is -2.11. The average Bonchev–Trinajstić information content (AvgIpc) is 2.63. The Balaban J connectivity index is 2.43. The molecule has 3 nitrogen and oxygen atoms in total. The number of halogens is 1. The second-order valence-electron chi connectivity index (χ2n) is 3.65. The fourth-order valence-electron chi connectivity index (χ4n) is 1.64. The monoisotopic (exact) mass is 207 g/mol. The highest BCUT2D eigenvalue weighted by Crippen LogP contribution is 2.19. The summed E-state index contributed by atoms with van der Waals surface area (Å²) >= 11 is 0. The fraction of sp³-hybridized carbons (Fsp3) is 0.364. The first-order valence-corrected chi connectivity index (χ1v) is 5.12. The minimum absolute atomic E-state index is 0.137. The third kappa shape index (κ3) is 1.85. The van der Waals surface area contributed by atoms with Crippen molar-refractivity contribution in [2.75, 3.05) is 0 Å². The number of para-hydroxylation sites is 1. The molecule has 1 aromatic heterocycles. The molecule has 1 aromatic carbocycles. The number of aromatic nitrogens is 2. The number of nitrogens with two attached hydrogens (primary N) is 1. The number of fused-ring (bicyclic) bond motifs is 1. The maximum Gasteiger partial charge on any atom is 0.151 e. The molecular formula is C11H14FN3. The summed E-state index contributed by atoms with van der Waals surface area (Å²) in [6.45, 7) is 2.06. The standard InChI is InChI=1S/C11H14FN3/c1-2-4-8(13)11-14-9-6-3-5-7(12)10(9)15-11/h3,5-6,8H,2,4,13H2,1H3,(H,14,15). The van der Waals surface area contributed by atoms with Crippen LogP contribution in [0, 0.1) is 5.82 Å². The second kappa shape index (κ2) is 3.98. The van der Waals surface area contributed by atoms with E-state index in [1.54, 1.807) is 12.1 Å². The van der Waals surface area contributed by atoms with Crippen molar-refractivity contribution in [1.82, 2.24) is 9.97 Å². The lowest BCUT2D eigenvalue weighted by atomic mass is 10.2. The van der Waals surface area contributed by atoms with Gasteiger partial charge in [-0.3, -0.25) is 0 Å². The van der Waals surface area contributed by atoms with Gasteiger partial charge >= 0.3 is 0 Å². The van der Waals surface area contributed by atoms with E-state index >= 15 is 0 Å². The second-order valence-corrected chi connectivity index (χ2v) is 3.65. The normalized spacial score (nSPS) is 13.3. The summed E-state index contributed by atoms with van der Waals surface area (Å²) in [6.07, 6.45) is 1.84. The van der Waals surface area contributed by atoms with Crippen LogP contribution in [0.4, 0.5) is 4.39 Å². The molecule has 2 aromatic rings. The first-order chi connectivity index (χ1) is 7.22. The van der Waals surface area contributed by atoms with Crippen LogP contribution in [0.5, 0.6) is 0 Å². The van der Waals surface area contributed by atoms with E-state index in [0.717, 1.165) is 12.8 Å². The topological polar surface area (TPSA) is 54.7 Å². The van der Waals surface area contributed by atoms with Gasteiger partial charge in [0.1, 0.15) is 11.3 Å². The van der Waals surface area contributed by atoms with Crippen LogP contribution in [-0.4, -0.2) is 9.97 Å². The van der Waals surface area contributed by atoms with Gasteiger partial charge < -0.3 is 10.7 Å². The first-order valence-electron chi connectivity index (χ1n) is 5.12. The average molecular weight is 207 g/mol. The van der Waals surface area contributed by atoms with E-state index in [4.69, 9.17) is 5.73 Å². The van der Waals surface area contributed by atoms with E-state index in [-0.39, 0.29) is 11.9 Å². The van der Waals surface area contributed by atoms with Gasteiger partial charge in [0.2, 0.25) is 0 Å². The van der Waals surface area contributed by atoms with Gasteiger partial charge in [-0.15, -0.1) is 0 Å². The summed E-state index contributed by atoms with van der Waals surface area (Å²) < 4.78 is 13.3. The van der Waals surface area contributed by atoms with Gasteiger partial charge in [-0.25, -0.2) is 9.37 Å². The predicted octanol–water partition coefficient (Wildman–Crippen LogP) is 2.50. The van der Waals surface area contributed by atoms with E-state index in [1.807, 2.05) is 0 Å². The van der Waals surface area contributed by atoms with Crippen molar-refractivity contribution in [3.8, 4) is 0 Å². The van der Waals surface area contributed by atoms with Gasteiger partial charge in [-0.05, 0) is 18.6 Å². The molecule has 1 unspecified atom stereocenters. The summed E-state index contributed by atoms with van der Waals surface area (Å²) in [5, 5.41) is 0. The molecule has 3 N–H and O–H groups in total. The highest BCUT2D eigenvalue weighted by molar-refractivity contribution is 5.75. The van der Waals surface area contributed by atoms with E-state index in [0.29, 0.717) is 16.9 Å². The number of imidazole rings is 1. The van der Waals surface area contributed by atoms with Crippen molar-refractivity contribution in [2.45, 2.75) is 25.8 Å². The molecule has 0 aliphatic heterocycles. The van der Waals surface area contributed by atoms with E-state index < -0.39 is 0 Å². The van der Waals surface area contributed by atoms with Crippen molar-refractivity contribution >= 4 is 11.0 Å². The molecule has 1 atom stereocenters. The molecule has 0 fully saturated rings. The smallest absolute Gasteiger partial charge is 0.151 e. The molecule has 4 heteroatoms. The molecule has 2 rings (SSSR count). The van der Waals surface area contributed by atoms with E-state index in [9.17, 15) is 4.39 Å². The largest absolute Gasteiger partial charge is 0.341 e. The van der Waals surface area contributed by atoms with Crippen molar-refractivity contribution in [3.05, 3.63) is 29.8 Å². The van der Waals surface area contributed by atoms with Crippen LogP contribution < -0.4 is 5.73 Å². The highest BCUT2D eigenvalue weighted by Gasteiger charge is 2.12. The molecular weight excluding hydrogens is 193 g/mol. The molecule has 0 amide bonds. The zero-order valence-corrected chi connectivity index (χ0v) is 8.63. The van der Waals surface area contributed by atoms with Crippen molar-refractivity contribution in [2.24, 2.45) is 5.73 Å². The number of nitrogens with one attached hydrogen (secondary N) is 1. The van der Waals surface area contributed by atoms with Gasteiger partial charge in [0, 0.05) is 0 Å². The van der Waals surface area contributed by atoms with Crippen LogP contribution in [0.15, 0.2) is 18.2 Å². The minimum atomic E-state index is -0.307. The van der Waals surface area contributed by atoms with E-state index in [1.165, 1.54) is 6.07 Å². The molecule has 1 heterocycles. The quantitative estimate of drug-likeness (QED) is 0.812. The van der Waals surface area contributed by atoms with Crippen LogP contribution >= 0.6 is 0 Å². The Labute approximate surface area is 87.5 Å². The molecule has 0 aliphatic rings. The Kier molecular flexibility index (Phi) is 2.68. The molecule has 0 aliphatic carbocycles. The van der Waals surface area contributed by atoms with Crippen LogP contribution in [0.3, 0.4) is 0 Å². The molecule has 0 spiro atoms. The number of rotatable bonds is 3. The Morgan fingerprint density at radius 1 is 1.53 bits per heavy atom. The summed E-state index contributed by atoms with van der Waals surface area (Å²) in [7, 11) is 0. The van der Waals surface area contributed by atoms with Crippen LogP contribution in [0.2, 0.25) is 0 Å². The number of hydrogen-bond acceptors (Lipinski definition) is 2.